The average Bonchev–Trinajstić information content (AvgIpc) is 2.71. The molecule has 1 amide bonds. The van der Waals surface area contributed by atoms with E-state index in [1.807, 2.05) is 12.1 Å². The van der Waals surface area contributed by atoms with Crippen LogP contribution in [0.2, 0.25) is 10.0 Å². The first-order valence-electron chi connectivity index (χ1n) is 9.88. The number of likely N-dealkylation sites (N-methyl/N-ethyl adjacent to an activating group) is 1. The molecule has 2 aromatic carbocycles. The van der Waals surface area contributed by atoms with Crippen molar-refractivity contribution in [3.63, 3.8) is 0 Å². The molecule has 1 N–H and O–H groups in total. The Labute approximate surface area is 182 Å². The van der Waals surface area contributed by atoms with Crippen molar-refractivity contribution >= 4 is 40.5 Å². The highest BCUT2D eigenvalue weighted by atomic mass is 35.5. The molecule has 0 radical (unpaired) electrons. The lowest BCUT2D eigenvalue weighted by Crippen LogP contribution is -2.46. The molecule has 1 saturated heterocycles. The van der Waals surface area contributed by atoms with Crippen molar-refractivity contribution in [3.8, 4) is 5.75 Å². The van der Waals surface area contributed by atoms with E-state index in [1.54, 1.807) is 25.1 Å². The number of ether oxygens (including phenoxy) is 1. The first kappa shape index (κ1) is 21.8. The zero-order chi connectivity index (χ0) is 21.0. The average molecular weight is 436 g/mol. The summed E-state index contributed by atoms with van der Waals surface area (Å²) in [5, 5.41) is 3.61. The van der Waals surface area contributed by atoms with Crippen LogP contribution in [-0.2, 0) is 4.79 Å². The van der Waals surface area contributed by atoms with Crippen LogP contribution in [-0.4, -0.2) is 49.6 Å². The third-order valence-corrected chi connectivity index (χ3v) is 6.02. The van der Waals surface area contributed by atoms with E-state index in [4.69, 9.17) is 27.9 Å². The number of piperazine rings is 1. The van der Waals surface area contributed by atoms with Crippen molar-refractivity contribution in [2.24, 2.45) is 0 Å². The molecule has 7 heteroatoms. The topological polar surface area (TPSA) is 44.8 Å². The highest BCUT2D eigenvalue weighted by Crippen LogP contribution is 2.32. The predicted molar refractivity (Wildman–Crippen MR) is 121 cm³/mol. The predicted octanol–water partition coefficient (Wildman–Crippen LogP) is 4.85. The maximum Gasteiger partial charge on any atom is 0.265 e. The molecule has 0 aliphatic carbocycles. The van der Waals surface area contributed by atoms with E-state index in [-0.39, 0.29) is 5.91 Å². The molecule has 5 nitrogen and oxygen atoms in total. The van der Waals surface area contributed by atoms with E-state index >= 15 is 0 Å². The maximum absolute atomic E-state index is 12.6. The second kappa shape index (κ2) is 9.70. The SMILES string of the molecule is CCN1CCN(c2ccc(NC(=O)C(C)Oc3cccc(Cl)c3Cl)cc2C)CC1. The largest absolute Gasteiger partial charge is 0.479 e. The quantitative estimate of drug-likeness (QED) is 0.703. The molecular weight excluding hydrogens is 409 g/mol. The van der Waals surface area contributed by atoms with Crippen LogP contribution >= 0.6 is 23.2 Å². The molecule has 29 heavy (non-hydrogen) atoms. The molecule has 2 aromatic rings. The fourth-order valence-corrected chi connectivity index (χ4v) is 3.79. The molecule has 1 aliphatic heterocycles. The Morgan fingerprint density at radius 1 is 1.17 bits per heavy atom. The van der Waals surface area contributed by atoms with Crippen LogP contribution in [0.15, 0.2) is 36.4 Å². The summed E-state index contributed by atoms with van der Waals surface area (Å²) < 4.78 is 5.69. The Morgan fingerprint density at radius 2 is 1.90 bits per heavy atom. The number of nitrogens with one attached hydrogen (secondary N) is 1. The van der Waals surface area contributed by atoms with Crippen molar-refractivity contribution in [1.82, 2.24) is 4.90 Å². The molecule has 156 valence electrons. The summed E-state index contributed by atoms with van der Waals surface area (Å²) in [5.74, 6) is 0.143. The summed E-state index contributed by atoms with van der Waals surface area (Å²) in [6.45, 7) is 11.2. The van der Waals surface area contributed by atoms with Crippen LogP contribution < -0.4 is 15.0 Å². The first-order valence-corrected chi connectivity index (χ1v) is 10.6. The van der Waals surface area contributed by atoms with Gasteiger partial charge in [0.05, 0.1) is 5.02 Å². The molecule has 1 atom stereocenters. The zero-order valence-electron chi connectivity index (χ0n) is 17.0. The highest BCUT2D eigenvalue weighted by Gasteiger charge is 2.19. The van der Waals surface area contributed by atoms with E-state index in [0.29, 0.717) is 15.8 Å². The van der Waals surface area contributed by atoms with Gasteiger partial charge in [-0.1, -0.05) is 36.2 Å². The smallest absolute Gasteiger partial charge is 0.265 e. The monoisotopic (exact) mass is 435 g/mol. The van der Waals surface area contributed by atoms with Gasteiger partial charge in [0.25, 0.3) is 5.91 Å². The van der Waals surface area contributed by atoms with Crippen LogP contribution in [0.4, 0.5) is 11.4 Å². The molecule has 1 heterocycles. The number of carbonyl (C=O) groups is 1. The van der Waals surface area contributed by atoms with Crippen molar-refractivity contribution in [2.75, 3.05) is 42.9 Å². The number of carbonyl (C=O) groups excluding carboxylic acids is 1. The summed E-state index contributed by atoms with van der Waals surface area (Å²) in [4.78, 5) is 17.4. The van der Waals surface area contributed by atoms with Gasteiger partial charge in [-0.2, -0.15) is 0 Å². The number of nitrogens with zero attached hydrogens (tertiary/aromatic N) is 2. The van der Waals surface area contributed by atoms with Gasteiger partial charge in [-0.05, 0) is 56.3 Å². The van der Waals surface area contributed by atoms with Gasteiger partial charge < -0.3 is 19.9 Å². The van der Waals surface area contributed by atoms with E-state index in [0.717, 1.165) is 44.0 Å². The highest BCUT2D eigenvalue weighted by molar-refractivity contribution is 6.42. The van der Waals surface area contributed by atoms with Gasteiger partial charge in [0.2, 0.25) is 0 Å². The normalized spacial score (nSPS) is 15.8. The number of aryl methyl sites for hydroxylation is 1. The second-order valence-electron chi connectivity index (χ2n) is 7.22. The van der Waals surface area contributed by atoms with Gasteiger partial charge in [0.15, 0.2) is 6.10 Å². The van der Waals surface area contributed by atoms with Crippen LogP contribution in [0.25, 0.3) is 0 Å². The van der Waals surface area contributed by atoms with Crippen LogP contribution in [0.1, 0.15) is 19.4 Å². The Morgan fingerprint density at radius 3 is 2.55 bits per heavy atom. The number of rotatable bonds is 6. The lowest BCUT2D eigenvalue weighted by molar-refractivity contribution is -0.122. The molecule has 1 aliphatic rings. The Bertz CT molecular complexity index is 867. The third-order valence-electron chi connectivity index (χ3n) is 5.21. The van der Waals surface area contributed by atoms with Gasteiger partial charge >= 0.3 is 0 Å². The van der Waals surface area contributed by atoms with Crippen molar-refractivity contribution in [3.05, 3.63) is 52.0 Å². The number of benzene rings is 2. The van der Waals surface area contributed by atoms with E-state index in [9.17, 15) is 4.79 Å². The fourth-order valence-electron chi connectivity index (χ4n) is 3.46. The Kier molecular flexibility index (Phi) is 7.28. The van der Waals surface area contributed by atoms with Crippen molar-refractivity contribution < 1.29 is 9.53 Å². The van der Waals surface area contributed by atoms with Gasteiger partial charge in [0.1, 0.15) is 10.8 Å². The molecule has 3 rings (SSSR count). The molecule has 1 fully saturated rings. The fraction of sp³-hybridized carbons (Fsp3) is 0.409. The maximum atomic E-state index is 12.6. The van der Waals surface area contributed by atoms with Gasteiger partial charge in [-0.3, -0.25) is 4.79 Å². The lowest BCUT2D eigenvalue weighted by Gasteiger charge is -2.36. The van der Waals surface area contributed by atoms with Crippen LogP contribution in [0, 0.1) is 6.92 Å². The Balaban J connectivity index is 1.62. The number of amides is 1. The minimum absolute atomic E-state index is 0.246. The lowest BCUT2D eigenvalue weighted by atomic mass is 10.1. The summed E-state index contributed by atoms with van der Waals surface area (Å²) >= 11 is 12.1. The summed E-state index contributed by atoms with van der Waals surface area (Å²) in [6.07, 6.45) is -0.715. The van der Waals surface area contributed by atoms with Crippen molar-refractivity contribution in [1.29, 1.82) is 0 Å². The molecular formula is C22H27Cl2N3O2. The van der Waals surface area contributed by atoms with Gasteiger partial charge in [0, 0.05) is 37.6 Å². The minimum Gasteiger partial charge on any atom is -0.479 e. The molecule has 0 bridgehead atoms. The molecule has 1 unspecified atom stereocenters. The number of anilines is 2. The van der Waals surface area contributed by atoms with Gasteiger partial charge in [-0.25, -0.2) is 0 Å². The first-order chi connectivity index (χ1) is 13.9. The number of halogens is 2. The summed E-state index contributed by atoms with van der Waals surface area (Å²) in [5.41, 5.74) is 3.10. The van der Waals surface area contributed by atoms with Crippen LogP contribution in [0.5, 0.6) is 5.75 Å². The Hall–Kier alpha value is -1.95. The number of hydrogen-bond acceptors (Lipinski definition) is 4. The van der Waals surface area contributed by atoms with Crippen LogP contribution in [0.3, 0.4) is 0 Å². The third kappa shape index (κ3) is 5.35. The zero-order valence-corrected chi connectivity index (χ0v) is 18.6. The minimum atomic E-state index is -0.715. The standard InChI is InChI=1S/C22H27Cl2N3O2/c1-4-26-10-12-27(13-11-26)19-9-8-17(14-15(19)2)25-22(28)16(3)29-20-7-5-6-18(23)21(20)24/h5-9,14,16H,4,10-13H2,1-3H3,(H,25,28). The second-order valence-corrected chi connectivity index (χ2v) is 8.01. The van der Waals surface area contributed by atoms with E-state index < -0.39 is 6.10 Å². The van der Waals surface area contributed by atoms with E-state index in [2.05, 4.69) is 35.0 Å². The summed E-state index contributed by atoms with van der Waals surface area (Å²) in [6, 6.07) is 11.1. The molecule has 0 spiro atoms. The molecule has 0 saturated carbocycles. The summed E-state index contributed by atoms with van der Waals surface area (Å²) in [7, 11) is 0. The van der Waals surface area contributed by atoms with E-state index in [1.165, 1.54) is 5.69 Å². The van der Waals surface area contributed by atoms with Gasteiger partial charge in [-0.15, -0.1) is 0 Å². The molecule has 0 aromatic heterocycles. The number of hydrogen-bond donors (Lipinski definition) is 1. The van der Waals surface area contributed by atoms with Crippen molar-refractivity contribution in [2.45, 2.75) is 26.9 Å².